The van der Waals surface area contributed by atoms with E-state index in [-0.39, 0.29) is 17.8 Å². The van der Waals surface area contributed by atoms with Crippen LogP contribution in [0.2, 0.25) is 0 Å². The number of ether oxygens (including phenoxy) is 1. The fourth-order valence-electron chi connectivity index (χ4n) is 2.51. The van der Waals surface area contributed by atoms with Crippen LogP contribution in [0.4, 0.5) is 5.69 Å². The highest BCUT2D eigenvalue weighted by Gasteiger charge is 2.30. The molecule has 0 radical (unpaired) electrons. The Morgan fingerprint density at radius 3 is 2.95 bits per heavy atom. The molecular weight excluding hydrogens is 256 g/mol. The first-order valence-corrected chi connectivity index (χ1v) is 6.55. The number of benzene rings is 1. The quantitative estimate of drug-likeness (QED) is 0.841. The molecule has 0 saturated heterocycles. The lowest BCUT2D eigenvalue weighted by Gasteiger charge is -2.33. The molecule has 0 fully saturated rings. The number of carbonyl (C=O) groups is 1. The molecule has 0 bridgehead atoms. The van der Waals surface area contributed by atoms with Gasteiger partial charge in [-0.15, -0.1) is 0 Å². The molecular formula is C15H16N2O3. The Hall–Kier alpha value is -2.14. The number of aromatic nitrogens is 1. The molecule has 2 heterocycles. The summed E-state index contributed by atoms with van der Waals surface area (Å²) in [6.07, 6.45) is 0.809. The highest BCUT2D eigenvalue weighted by Crippen LogP contribution is 2.29. The maximum atomic E-state index is 12.6. The van der Waals surface area contributed by atoms with Gasteiger partial charge in [-0.1, -0.05) is 23.4 Å². The van der Waals surface area contributed by atoms with E-state index in [1.54, 1.807) is 25.0 Å². The van der Waals surface area contributed by atoms with Gasteiger partial charge in [-0.05, 0) is 18.6 Å². The van der Waals surface area contributed by atoms with Gasteiger partial charge >= 0.3 is 0 Å². The standard InChI is InChI=1S/C15H16N2O3/c1-10-7-14(20-16-10)15(18)17-9-12(19-2)8-11-5-3-4-6-13(11)17/h3-7,12H,8-9H2,1-2H3/t12-/m0/s1. The second-order valence-corrected chi connectivity index (χ2v) is 4.94. The third-order valence-corrected chi connectivity index (χ3v) is 3.53. The minimum atomic E-state index is -0.181. The molecule has 1 aliphatic heterocycles. The van der Waals surface area contributed by atoms with Crippen LogP contribution >= 0.6 is 0 Å². The Kier molecular flexibility index (Phi) is 3.28. The van der Waals surface area contributed by atoms with Crippen molar-refractivity contribution in [3.05, 3.63) is 47.3 Å². The third-order valence-electron chi connectivity index (χ3n) is 3.53. The van der Waals surface area contributed by atoms with Crippen LogP contribution in [-0.2, 0) is 11.2 Å². The first-order valence-electron chi connectivity index (χ1n) is 6.55. The van der Waals surface area contributed by atoms with E-state index in [4.69, 9.17) is 9.26 Å². The monoisotopic (exact) mass is 272 g/mol. The Morgan fingerprint density at radius 1 is 1.45 bits per heavy atom. The van der Waals surface area contributed by atoms with Crippen LogP contribution in [0.3, 0.4) is 0 Å². The van der Waals surface area contributed by atoms with Crippen molar-refractivity contribution in [3.8, 4) is 0 Å². The van der Waals surface area contributed by atoms with Gasteiger partial charge in [0.05, 0.1) is 18.3 Å². The minimum absolute atomic E-state index is 0.00197. The molecule has 5 nitrogen and oxygen atoms in total. The van der Waals surface area contributed by atoms with Crippen molar-refractivity contribution < 1.29 is 14.1 Å². The van der Waals surface area contributed by atoms with Gasteiger partial charge in [0.2, 0.25) is 5.76 Å². The molecule has 3 rings (SSSR count). The maximum Gasteiger partial charge on any atom is 0.296 e. The number of hydrogen-bond donors (Lipinski definition) is 0. The molecule has 20 heavy (non-hydrogen) atoms. The number of aryl methyl sites for hydroxylation is 1. The molecule has 5 heteroatoms. The van der Waals surface area contributed by atoms with E-state index in [1.807, 2.05) is 24.3 Å². The van der Waals surface area contributed by atoms with Crippen molar-refractivity contribution in [1.82, 2.24) is 5.16 Å². The predicted molar refractivity (Wildman–Crippen MR) is 73.9 cm³/mol. The van der Waals surface area contributed by atoms with E-state index in [0.29, 0.717) is 12.2 Å². The zero-order valence-electron chi connectivity index (χ0n) is 11.5. The molecule has 0 N–H and O–H groups in total. The van der Waals surface area contributed by atoms with Gasteiger partial charge in [-0.25, -0.2) is 0 Å². The molecule has 0 spiro atoms. The zero-order chi connectivity index (χ0) is 14.1. The third kappa shape index (κ3) is 2.20. The smallest absolute Gasteiger partial charge is 0.296 e. The van der Waals surface area contributed by atoms with E-state index >= 15 is 0 Å². The van der Waals surface area contributed by atoms with E-state index < -0.39 is 0 Å². The fourth-order valence-corrected chi connectivity index (χ4v) is 2.51. The number of amides is 1. The first-order chi connectivity index (χ1) is 9.69. The first kappa shape index (κ1) is 12.9. The summed E-state index contributed by atoms with van der Waals surface area (Å²) in [5.41, 5.74) is 2.72. The number of rotatable bonds is 2. The van der Waals surface area contributed by atoms with Crippen molar-refractivity contribution in [1.29, 1.82) is 0 Å². The zero-order valence-corrected chi connectivity index (χ0v) is 11.5. The highest BCUT2D eigenvalue weighted by molar-refractivity contribution is 6.05. The normalized spacial score (nSPS) is 17.9. The maximum absolute atomic E-state index is 12.6. The summed E-state index contributed by atoms with van der Waals surface area (Å²) >= 11 is 0. The summed E-state index contributed by atoms with van der Waals surface area (Å²) < 4.78 is 10.5. The lowest BCUT2D eigenvalue weighted by Crippen LogP contribution is -2.43. The van der Waals surface area contributed by atoms with Crippen molar-refractivity contribution in [2.24, 2.45) is 0 Å². The van der Waals surface area contributed by atoms with Gasteiger partial charge in [-0.3, -0.25) is 4.79 Å². The van der Waals surface area contributed by atoms with Crippen LogP contribution in [0.5, 0.6) is 0 Å². The Bertz CT molecular complexity index is 636. The average molecular weight is 272 g/mol. The SMILES string of the molecule is CO[C@H]1Cc2ccccc2N(C(=O)c2cc(C)no2)C1. The molecule has 1 aromatic carbocycles. The summed E-state index contributed by atoms with van der Waals surface area (Å²) in [6.45, 7) is 2.31. The molecule has 0 aliphatic carbocycles. The second kappa shape index (κ2) is 5.09. The van der Waals surface area contributed by atoms with Gasteiger partial charge in [-0.2, -0.15) is 0 Å². The van der Waals surface area contributed by atoms with Crippen LogP contribution in [0.25, 0.3) is 0 Å². The average Bonchev–Trinajstić information content (AvgIpc) is 2.92. The number of methoxy groups -OCH3 is 1. The van der Waals surface area contributed by atoms with E-state index in [1.165, 1.54) is 0 Å². The molecule has 0 saturated carbocycles. The molecule has 1 amide bonds. The summed E-state index contributed by atoms with van der Waals surface area (Å²) in [4.78, 5) is 14.3. The molecule has 2 aromatic rings. The van der Waals surface area contributed by atoms with Gasteiger partial charge < -0.3 is 14.2 Å². The van der Waals surface area contributed by atoms with Crippen LogP contribution in [0.15, 0.2) is 34.9 Å². The topological polar surface area (TPSA) is 55.6 Å². The van der Waals surface area contributed by atoms with E-state index in [0.717, 1.165) is 17.7 Å². The summed E-state index contributed by atoms with van der Waals surface area (Å²) in [5.74, 6) is 0.0776. The van der Waals surface area contributed by atoms with E-state index in [9.17, 15) is 4.79 Å². The van der Waals surface area contributed by atoms with Crippen molar-refractivity contribution in [3.63, 3.8) is 0 Å². The van der Waals surface area contributed by atoms with E-state index in [2.05, 4.69) is 5.16 Å². The van der Waals surface area contributed by atoms with Gasteiger partial charge in [0.1, 0.15) is 0 Å². The lowest BCUT2D eigenvalue weighted by atomic mass is 9.99. The van der Waals surface area contributed by atoms with Gasteiger partial charge in [0.25, 0.3) is 5.91 Å². The number of fused-ring (bicyclic) bond motifs is 1. The lowest BCUT2D eigenvalue weighted by molar-refractivity contribution is 0.0844. The van der Waals surface area contributed by atoms with Crippen LogP contribution in [-0.4, -0.2) is 30.8 Å². The fraction of sp³-hybridized carbons (Fsp3) is 0.333. The van der Waals surface area contributed by atoms with Crippen LogP contribution in [0.1, 0.15) is 21.8 Å². The predicted octanol–water partition coefficient (Wildman–Crippen LogP) is 2.20. The molecule has 1 atom stereocenters. The molecule has 1 aromatic heterocycles. The van der Waals surface area contributed by atoms with Crippen molar-refractivity contribution >= 4 is 11.6 Å². The van der Waals surface area contributed by atoms with Crippen LogP contribution < -0.4 is 4.90 Å². The number of nitrogens with zero attached hydrogens (tertiary/aromatic N) is 2. The van der Waals surface area contributed by atoms with Gasteiger partial charge in [0, 0.05) is 25.3 Å². The number of carbonyl (C=O) groups excluding carboxylic acids is 1. The molecule has 0 unspecified atom stereocenters. The second-order valence-electron chi connectivity index (χ2n) is 4.94. The number of para-hydroxylation sites is 1. The summed E-state index contributed by atoms with van der Waals surface area (Å²) in [7, 11) is 1.67. The summed E-state index contributed by atoms with van der Waals surface area (Å²) in [5, 5.41) is 3.77. The Balaban J connectivity index is 1.98. The van der Waals surface area contributed by atoms with Crippen LogP contribution in [0, 0.1) is 6.92 Å². The van der Waals surface area contributed by atoms with Crippen molar-refractivity contribution in [2.75, 3.05) is 18.6 Å². The Labute approximate surface area is 117 Å². The largest absolute Gasteiger partial charge is 0.379 e. The summed E-state index contributed by atoms with van der Waals surface area (Å²) in [6, 6.07) is 9.52. The van der Waals surface area contributed by atoms with Crippen molar-refractivity contribution in [2.45, 2.75) is 19.4 Å². The van der Waals surface area contributed by atoms with Gasteiger partial charge in [0.15, 0.2) is 0 Å². The molecule has 104 valence electrons. The number of anilines is 1. The molecule has 1 aliphatic rings. The highest BCUT2D eigenvalue weighted by atomic mass is 16.5. The minimum Gasteiger partial charge on any atom is -0.379 e. The number of hydrogen-bond acceptors (Lipinski definition) is 4. The Morgan fingerprint density at radius 2 is 2.25 bits per heavy atom.